The van der Waals surface area contributed by atoms with Crippen LogP contribution in [0.3, 0.4) is 0 Å². The van der Waals surface area contributed by atoms with E-state index in [0.717, 1.165) is 29.1 Å². The summed E-state index contributed by atoms with van der Waals surface area (Å²) in [6.07, 6.45) is 4.40. The summed E-state index contributed by atoms with van der Waals surface area (Å²) in [5.74, 6) is 0. The maximum atomic E-state index is 11.0. The first-order chi connectivity index (χ1) is 10.1. The summed E-state index contributed by atoms with van der Waals surface area (Å²) in [5, 5.41) is 14.8. The van der Waals surface area contributed by atoms with Gasteiger partial charge in [-0.15, -0.1) is 0 Å². The number of nitrogens with one attached hydrogen (secondary N) is 1. The monoisotopic (exact) mass is 304 g/mol. The summed E-state index contributed by atoms with van der Waals surface area (Å²) in [7, 11) is 0. The molecule has 1 aromatic carbocycles. The number of benzene rings is 1. The van der Waals surface area contributed by atoms with Crippen LogP contribution in [-0.2, 0) is 0 Å². The highest BCUT2D eigenvalue weighted by Gasteiger charge is 2.11. The van der Waals surface area contributed by atoms with Crippen LogP contribution in [0.4, 0.5) is 11.4 Å². The van der Waals surface area contributed by atoms with Gasteiger partial charge in [0.15, 0.2) is 5.16 Å². The SMILES string of the molecule is CCCNc1cc(Sc2ncc(C)cn2)cc([N+](=O)[O-])c1. The van der Waals surface area contributed by atoms with Gasteiger partial charge in [-0.3, -0.25) is 10.1 Å². The van der Waals surface area contributed by atoms with Gasteiger partial charge in [0.05, 0.1) is 4.92 Å². The first-order valence-electron chi connectivity index (χ1n) is 6.58. The van der Waals surface area contributed by atoms with Crippen molar-refractivity contribution >= 4 is 23.1 Å². The number of nitrogens with zero attached hydrogens (tertiary/aromatic N) is 3. The highest BCUT2D eigenvalue weighted by molar-refractivity contribution is 7.99. The fourth-order valence-electron chi connectivity index (χ4n) is 1.66. The first kappa shape index (κ1) is 15.2. The standard InChI is InChI=1S/C14H16N4O2S/c1-3-4-15-11-5-12(18(19)20)7-13(6-11)21-14-16-8-10(2)9-17-14/h5-9,15H,3-4H2,1-2H3. The molecule has 0 bridgehead atoms. The lowest BCUT2D eigenvalue weighted by Crippen LogP contribution is -2.00. The summed E-state index contributed by atoms with van der Waals surface area (Å²) >= 11 is 1.31. The van der Waals surface area contributed by atoms with Crippen molar-refractivity contribution in [3.63, 3.8) is 0 Å². The predicted octanol–water partition coefficient (Wildman–Crippen LogP) is 3.67. The van der Waals surface area contributed by atoms with Gasteiger partial charge in [0, 0.05) is 41.7 Å². The molecule has 0 saturated carbocycles. The second-order valence-corrected chi connectivity index (χ2v) is 5.59. The van der Waals surface area contributed by atoms with E-state index in [0.29, 0.717) is 5.16 Å². The fraction of sp³-hybridized carbons (Fsp3) is 0.286. The van der Waals surface area contributed by atoms with E-state index < -0.39 is 4.92 Å². The minimum absolute atomic E-state index is 0.0608. The molecule has 0 radical (unpaired) electrons. The lowest BCUT2D eigenvalue weighted by Gasteiger charge is -2.07. The molecule has 0 saturated heterocycles. The number of nitro groups is 1. The minimum Gasteiger partial charge on any atom is -0.385 e. The second-order valence-electron chi connectivity index (χ2n) is 4.54. The van der Waals surface area contributed by atoms with Crippen molar-refractivity contribution in [1.29, 1.82) is 0 Å². The Hall–Kier alpha value is -2.15. The van der Waals surface area contributed by atoms with Crippen molar-refractivity contribution in [2.75, 3.05) is 11.9 Å². The smallest absolute Gasteiger partial charge is 0.272 e. The Morgan fingerprint density at radius 2 is 2.00 bits per heavy atom. The Morgan fingerprint density at radius 1 is 1.29 bits per heavy atom. The number of nitro benzene ring substituents is 1. The van der Waals surface area contributed by atoms with Gasteiger partial charge in [-0.25, -0.2) is 9.97 Å². The van der Waals surface area contributed by atoms with Gasteiger partial charge in [0.2, 0.25) is 0 Å². The zero-order chi connectivity index (χ0) is 15.2. The normalized spacial score (nSPS) is 10.4. The molecule has 7 heteroatoms. The number of rotatable bonds is 6. The molecule has 110 valence electrons. The van der Waals surface area contributed by atoms with E-state index in [-0.39, 0.29) is 5.69 Å². The van der Waals surface area contributed by atoms with Crippen LogP contribution in [0.5, 0.6) is 0 Å². The number of anilines is 1. The van der Waals surface area contributed by atoms with Gasteiger partial charge in [-0.05, 0) is 36.7 Å². The van der Waals surface area contributed by atoms with Gasteiger partial charge in [0.25, 0.3) is 5.69 Å². The molecular formula is C14H16N4O2S. The molecule has 0 aliphatic rings. The molecule has 1 aromatic heterocycles. The Balaban J connectivity index is 2.26. The molecule has 21 heavy (non-hydrogen) atoms. The largest absolute Gasteiger partial charge is 0.385 e. The van der Waals surface area contributed by atoms with E-state index in [9.17, 15) is 10.1 Å². The summed E-state index contributed by atoms with van der Waals surface area (Å²) in [6, 6.07) is 4.94. The Morgan fingerprint density at radius 3 is 2.62 bits per heavy atom. The molecule has 6 nitrogen and oxygen atoms in total. The number of non-ortho nitro benzene ring substituents is 1. The molecule has 1 heterocycles. The molecule has 0 spiro atoms. The number of aryl methyl sites for hydroxylation is 1. The van der Waals surface area contributed by atoms with Crippen LogP contribution < -0.4 is 5.32 Å². The van der Waals surface area contributed by atoms with Crippen molar-refractivity contribution in [1.82, 2.24) is 9.97 Å². The number of hydrogen-bond acceptors (Lipinski definition) is 6. The molecular weight excluding hydrogens is 288 g/mol. The topological polar surface area (TPSA) is 81.0 Å². The molecule has 0 unspecified atom stereocenters. The van der Waals surface area contributed by atoms with Crippen molar-refractivity contribution in [3.8, 4) is 0 Å². The maximum Gasteiger partial charge on any atom is 0.272 e. The van der Waals surface area contributed by atoms with Crippen LogP contribution in [0, 0.1) is 17.0 Å². The summed E-state index contributed by atoms with van der Waals surface area (Å²) in [6.45, 7) is 4.72. The van der Waals surface area contributed by atoms with Crippen LogP contribution in [0.1, 0.15) is 18.9 Å². The van der Waals surface area contributed by atoms with E-state index in [1.54, 1.807) is 12.4 Å². The molecule has 0 fully saturated rings. The third kappa shape index (κ3) is 4.42. The van der Waals surface area contributed by atoms with Crippen molar-refractivity contribution in [3.05, 3.63) is 46.3 Å². The van der Waals surface area contributed by atoms with Gasteiger partial charge in [-0.1, -0.05) is 6.92 Å². The second kappa shape index (κ2) is 7.03. The summed E-state index contributed by atoms with van der Waals surface area (Å²) < 4.78 is 0. The van der Waals surface area contributed by atoms with Crippen LogP contribution in [0.2, 0.25) is 0 Å². The molecule has 0 aliphatic carbocycles. The molecule has 0 aliphatic heterocycles. The first-order valence-corrected chi connectivity index (χ1v) is 7.40. The molecule has 0 amide bonds. The zero-order valence-corrected chi connectivity index (χ0v) is 12.7. The Bertz CT molecular complexity index is 631. The van der Waals surface area contributed by atoms with Gasteiger partial charge >= 0.3 is 0 Å². The van der Waals surface area contributed by atoms with Crippen LogP contribution in [0.15, 0.2) is 40.6 Å². The van der Waals surface area contributed by atoms with Crippen LogP contribution in [0.25, 0.3) is 0 Å². The average Bonchev–Trinajstić information content (AvgIpc) is 2.47. The van der Waals surface area contributed by atoms with Gasteiger partial charge < -0.3 is 5.32 Å². The third-order valence-electron chi connectivity index (χ3n) is 2.65. The predicted molar refractivity (Wildman–Crippen MR) is 82.8 cm³/mol. The van der Waals surface area contributed by atoms with Crippen LogP contribution in [-0.4, -0.2) is 21.4 Å². The molecule has 2 rings (SSSR count). The fourth-order valence-corrected chi connectivity index (χ4v) is 2.45. The lowest BCUT2D eigenvalue weighted by molar-refractivity contribution is -0.385. The Kier molecular flexibility index (Phi) is 5.10. The van der Waals surface area contributed by atoms with E-state index in [2.05, 4.69) is 15.3 Å². The highest BCUT2D eigenvalue weighted by Crippen LogP contribution is 2.31. The highest BCUT2D eigenvalue weighted by atomic mass is 32.2. The number of aromatic nitrogens is 2. The van der Waals surface area contributed by atoms with Gasteiger partial charge in [-0.2, -0.15) is 0 Å². The maximum absolute atomic E-state index is 11.0. The Labute approximate surface area is 127 Å². The molecule has 0 atom stereocenters. The summed E-state index contributed by atoms with van der Waals surface area (Å²) in [4.78, 5) is 19.8. The number of hydrogen-bond donors (Lipinski definition) is 1. The lowest BCUT2D eigenvalue weighted by atomic mass is 10.2. The van der Waals surface area contributed by atoms with Gasteiger partial charge in [0.1, 0.15) is 0 Å². The van der Waals surface area contributed by atoms with E-state index in [1.807, 2.05) is 19.9 Å². The third-order valence-corrected chi connectivity index (χ3v) is 3.51. The van der Waals surface area contributed by atoms with E-state index in [1.165, 1.54) is 23.9 Å². The quantitative estimate of drug-likeness (QED) is 0.498. The van der Waals surface area contributed by atoms with Crippen molar-refractivity contribution < 1.29 is 4.92 Å². The minimum atomic E-state index is -0.392. The zero-order valence-electron chi connectivity index (χ0n) is 11.9. The van der Waals surface area contributed by atoms with Crippen LogP contribution >= 0.6 is 11.8 Å². The average molecular weight is 304 g/mol. The molecule has 1 N–H and O–H groups in total. The van der Waals surface area contributed by atoms with Crippen molar-refractivity contribution in [2.24, 2.45) is 0 Å². The molecule has 2 aromatic rings. The van der Waals surface area contributed by atoms with E-state index >= 15 is 0 Å². The van der Waals surface area contributed by atoms with Crippen molar-refractivity contribution in [2.45, 2.75) is 30.3 Å². The summed E-state index contributed by atoms with van der Waals surface area (Å²) in [5.41, 5.74) is 1.77. The van der Waals surface area contributed by atoms with E-state index in [4.69, 9.17) is 0 Å².